The van der Waals surface area contributed by atoms with Crippen molar-refractivity contribution in [3.05, 3.63) is 65.1 Å². The number of thiophene rings is 1. The first kappa shape index (κ1) is 17.7. The average molecular weight is 382 g/mol. The SMILES string of the molecule is O=C([C@H]1CCCN(c2cnccn2)C1)N(Cc1ccco1)Cc1cccs1. The average Bonchev–Trinajstić information content (AvgIpc) is 3.42. The lowest BCUT2D eigenvalue weighted by molar-refractivity contribution is -0.137. The molecule has 0 spiro atoms. The Morgan fingerprint density at radius 2 is 2.26 bits per heavy atom. The first-order chi connectivity index (χ1) is 13.3. The molecule has 3 aromatic heterocycles. The van der Waals surface area contributed by atoms with Crippen LogP contribution >= 0.6 is 11.3 Å². The molecule has 0 aromatic carbocycles. The Labute approximate surface area is 162 Å². The van der Waals surface area contributed by atoms with Gasteiger partial charge in [-0.3, -0.25) is 9.78 Å². The van der Waals surface area contributed by atoms with Gasteiger partial charge in [-0.15, -0.1) is 11.3 Å². The van der Waals surface area contributed by atoms with Crippen LogP contribution < -0.4 is 4.90 Å². The van der Waals surface area contributed by atoms with Crippen LogP contribution in [0.1, 0.15) is 23.5 Å². The molecule has 1 saturated heterocycles. The number of carbonyl (C=O) groups excluding carboxylic acids is 1. The normalized spacial score (nSPS) is 17.0. The van der Waals surface area contributed by atoms with Gasteiger partial charge in [0.2, 0.25) is 5.91 Å². The number of carbonyl (C=O) groups is 1. The molecule has 7 heteroatoms. The summed E-state index contributed by atoms with van der Waals surface area (Å²) >= 11 is 1.67. The van der Waals surface area contributed by atoms with Crippen molar-refractivity contribution in [2.45, 2.75) is 25.9 Å². The number of rotatable bonds is 6. The topological polar surface area (TPSA) is 62.5 Å². The molecule has 0 bridgehead atoms. The predicted octanol–water partition coefficient (Wildman–Crippen LogP) is 3.58. The molecule has 0 saturated carbocycles. The van der Waals surface area contributed by atoms with Crippen molar-refractivity contribution < 1.29 is 9.21 Å². The third kappa shape index (κ3) is 4.36. The number of hydrogen-bond acceptors (Lipinski definition) is 6. The zero-order valence-electron chi connectivity index (χ0n) is 15.0. The minimum absolute atomic E-state index is 0.0457. The van der Waals surface area contributed by atoms with E-state index in [0.717, 1.165) is 31.0 Å². The molecule has 140 valence electrons. The molecule has 0 N–H and O–H groups in total. The highest BCUT2D eigenvalue weighted by Gasteiger charge is 2.30. The molecule has 1 aliphatic rings. The van der Waals surface area contributed by atoms with Gasteiger partial charge in [-0.25, -0.2) is 4.98 Å². The molecule has 3 aromatic rings. The van der Waals surface area contributed by atoms with Crippen LogP contribution in [-0.4, -0.2) is 33.9 Å². The molecule has 1 amide bonds. The minimum Gasteiger partial charge on any atom is -0.467 e. The maximum absolute atomic E-state index is 13.4. The van der Waals surface area contributed by atoms with E-state index in [2.05, 4.69) is 20.9 Å². The number of aromatic nitrogens is 2. The van der Waals surface area contributed by atoms with Crippen LogP contribution in [-0.2, 0) is 17.9 Å². The fourth-order valence-electron chi connectivity index (χ4n) is 3.49. The summed E-state index contributed by atoms with van der Waals surface area (Å²) in [4.78, 5) is 27.1. The Morgan fingerprint density at radius 1 is 1.30 bits per heavy atom. The monoisotopic (exact) mass is 382 g/mol. The van der Waals surface area contributed by atoms with Crippen molar-refractivity contribution >= 4 is 23.1 Å². The van der Waals surface area contributed by atoms with Crippen LogP contribution in [0.5, 0.6) is 0 Å². The summed E-state index contributed by atoms with van der Waals surface area (Å²) in [6.45, 7) is 2.69. The Kier molecular flexibility index (Phi) is 5.48. The van der Waals surface area contributed by atoms with Gasteiger partial charge in [0.25, 0.3) is 0 Å². The molecule has 0 unspecified atom stereocenters. The lowest BCUT2D eigenvalue weighted by Gasteiger charge is -2.35. The number of anilines is 1. The van der Waals surface area contributed by atoms with Gasteiger partial charge in [0.1, 0.15) is 11.6 Å². The Hall–Kier alpha value is -2.67. The maximum atomic E-state index is 13.4. The summed E-state index contributed by atoms with van der Waals surface area (Å²) in [6.07, 6.45) is 8.65. The molecular formula is C20H22N4O2S. The quantitative estimate of drug-likeness (QED) is 0.652. The van der Waals surface area contributed by atoms with Crippen LogP contribution in [0, 0.1) is 5.92 Å². The van der Waals surface area contributed by atoms with Crippen LogP contribution in [0.3, 0.4) is 0 Å². The van der Waals surface area contributed by atoms with Crippen molar-refractivity contribution in [1.82, 2.24) is 14.9 Å². The molecule has 1 atom stereocenters. The van der Waals surface area contributed by atoms with E-state index < -0.39 is 0 Å². The lowest BCUT2D eigenvalue weighted by Crippen LogP contribution is -2.44. The van der Waals surface area contributed by atoms with Crippen LogP contribution in [0.15, 0.2) is 58.9 Å². The standard InChI is InChI=1S/C20H22N4O2S/c25-20(16-4-1-9-23(13-16)19-12-21-7-8-22-19)24(14-17-5-2-10-26-17)15-18-6-3-11-27-18/h2-3,5-8,10-12,16H,1,4,9,13-15H2/t16-/m0/s1. The van der Waals surface area contributed by atoms with E-state index in [-0.39, 0.29) is 11.8 Å². The lowest BCUT2D eigenvalue weighted by atomic mass is 9.96. The van der Waals surface area contributed by atoms with E-state index in [1.165, 1.54) is 4.88 Å². The fraction of sp³-hybridized carbons (Fsp3) is 0.350. The van der Waals surface area contributed by atoms with Gasteiger partial charge in [-0.1, -0.05) is 6.07 Å². The highest BCUT2D eigenvalue weighted by molar-refractivity contribution is 7.09. The van der Waals surface area contributed by atoms with Crippen LogP contribution in [0.25, 0.3) is 0 Å². The molecule has 4 heterocycles. The van der Waals surface area contributed by atoms with Crippen molar-refractivity contribution in [3.63, 3.8) is 0 Å². The first-order valence-electron chi connectivity index (χ1n) is 9.14. The second-order valence-electron chi connectivity index (χ2n) is 6.70. The Bertz CT molecular complexity index is 800. The molecule has 27 heavy (non-hydrogen) atoms. The summed E-state index contributed by atoms with van der Waals surface area (Å²) in [5.74, 6) is 1.77. The summed E-state index contributed by atoms with van der Waals surface area (Å²) in [6, 6.07) is 7.87. The zero-order valence-corrected chi connectivity index (χ0v) is 15.8. The minimum atomic E-state index is -0.0457. The van der Waals surface area contributed by atoms with E-state index >= 15 is 0 Å². The number of piperidine rings is 1. The van der Waals surface area contributed by atoms with Gasteiger partial charge < -0.3 is 14.2 Å². The summed E-state index contributed by atoms with van der Waals surface area (Å²) in [5, 5.41) is 2.04. The Balaban J connectivity index is 1.49. The molecule has 1 fully saturated rings. The molecule has 4 rings (SSSR count). The van der Waals surface area contributed by atoms with E-state index in [1.54, 1.807) is 36.2 Å². The van der Waals surface area contributed by atoms with Gasteiger partial charge in [0, 0.05) is 30.4 Å². The smallest absolute Gasteiger partial charge is 0.228 e. The summed E-state index contributed by atoms with van der Waals surface area (Å²) in [7, 11) is 0. The second kappa shape index (κ2) is 8.35. The van der Waals surface area contributed by atoms with E-state index in [1.807, 2.05) is 28.5 Å². The third-order valence-corrected chi connectivity index (χ3v) is 5.67. The molecule has 0 radical (unpaired) electrons. The third-order valence-electron chi connectivity index (χ3n) is 4.81. The van der Waals surface area contributed by atoms with Gasteiger partial charge >= 0.3 is 0 Å². The zero-order chi connectivity index (χ0) is 18.5. The highest BCUT2D eigenvalue weighted by Crippen LogP contribution is 2.25. The van der Waals surface area contributed by atoms with Crippen LogP contribution in [0.2, 0.25) is 0 Å². The first-order valence-corrected chi connectivity index (χ1v) is 10.0. The largest absolute Gasteiger partial charge is 0.467 e. The predicted molar refractivity (Wildman–Crippen MR) is 104 cm³/mol. The van der Waals surface area contributed by atoms with Gasteiger partial charge in [-0.2, -0.15) is 0 Å². The van der Waals surface area contributed by atoms with Crippen molar-refractivity contribution in [2.75, 3.05) is 18.0 Å². The fourth-order valence-corrected chi connectivity index (χ4v) is 4.21. The van der Waals surface area contributed by atoms with E-state index in [0.29, 0.717) is 19.6 Å². The number of amides is 1. The summed E-state index contributed by atoms with van der Waals surface area (Å²) < 4.78 is 5.49. The highest BCUT2D eigenvalue weighted by atomic mass is 32.1. The van der Waals surface area contributed by atoms with Crippen LogP contribution in [0.4, 0.5) is 5.82 Å². The molecular weight excluding hydrogens is 360 g/mol. The number of hydrogen-bond donors (Lipinski definition) is 0. The Morgan fingerprint density at radius 3 is 3.00 bits per heavy atom. The number of nitrogens with zero attached hydrogens (tertiary/aromatic N) is 4. The van der Waals surface area contributed by atoms with Gasteiger partial charge in [0.05, 0.1) is 31.5 Å². The number of furan rings is 1. The molecule has 6 nitrogen and oxygen atoms in total. The van der Waals surface area contributed by atoms with Crippen molar-refractivity contribution in [1.29, 1.82) is 0 Å². The molecule has 0 aliphatic carbocycles. The summed E-state index contributed by atoms with van der Waals surface area (Å²) in [5.41, 5.74) is 0. The van der Waals surface area contributed by atoms with Crippen molar-refractivity contribution in [3.8, 4) is 0 Å². The maximum Gasteiger partial charge on any atom is 0.228 e. The van der Waals surface area contributed by atoms with Crippen molar-refractivity contribution in [2.24, 2.45) is 5.92 Å². The van der Waals surface area contributed by atoms with E-state index in [9.17, 15) is 4.79 Å². The van der Waals surface area contributed by atoms with Gasteiger partial charge in [0.15, 0.2) is 0 Å². The van der Waals surface area contributed by atoms with Gasteiger partial charge in [-0.05, 0) is 36.4 Å². The second-order valence-corrected chi connectivity index (χ2v) is 7.73. The van der Waals surface area contributed by atoms with E-state index in [4.69, 9.17) is 4.42 Å². The molecule has 1 aliphatic heterocycles.